The molecule has 0 N–H and O–H groups in total. The molecule has 2 nitrogen and oxygen atoms in total. The van der Waals surface area contributed by atoms with Crippen molar-refractivity contribution in [1.29, 1.82) is 0 Å². The summed E-state index contributed by atoms with van der Waals surface area (Å²) in [6.45, 7) is 2.82. The number of hydrogen-bond acceptors (Lipinski definition) is 2. The first-order valence-corrected chi connectivity index (χ1v) is 6.00. The van der Waals surface area contributed by atoms with Crippen molar-refractivity contribution in [1.82, 2.24) is 4.98 Å². The highest BCUT2D eigenvalue weighted by molar-refractivity contribution is 5.28. The van der Waals surface area contributed by atoms with Gasteiger partial charge in [0.25, 0.3) is 0 Å². The summed E-state index contributed by atoms with van der Waals surface area (Å²) in [5.41, 5.74) is 2.37. The molecule has 0 saturated heterocycles. The molecule has 2 rings (SSSR count). The Morgan fingerprint density at radius 2 is 2.06 bits per heavy atom. The summed E-state index contributed by atoms with van der Waals surface area (Å²) in [7, 11) is 0. The van der Waals surface area contributed by atoms with E-state index in [1.807, 2.05) is 36.5 Å². The van der Waals surface area contributed by atoms with Crippen molar-refractivity contribution in [2.45, 2.75) is 19.8 Å². The molecule has 0 fully saturated rings. The van der Waals surface area contributed by atoms with Gasteiger partial charge in [0.1, 0.15) is 5.75 Å². The third-order valence-electron chi connectivity index (χ3n) is 2.66. The van der Waals surface area contributed by atoms with E-state index in [4.69, 9.17) is 4.74 Å². The van der Waals surface area contributed by atoms with Crippen molar-refractivity contribution in [2.75, 3.05) is 6.61 Å². The van der Waals surface area contributed by atoms with Crippen molar-refractivity contribution < 1.29 is 4.74 Å². The second kappa shape index (κ2) is 6.04. The number of benzene rings is 1. The highest BCUT2D eigenvalue weighted by atomic mass is 16.5. The number of nitrogens with zero attached hydrogens (tertiary/aromatic N) is 1. The highest BCUT2D eigenvalue weighted by Crippen LogP contribution is 2.13. The molecule has 1 aromatic carbocycles. The minimum atomic E-state index is 0.671. The van der Waals surface area contributed by atoms with Crippen LogP contribution in [-0.4, -0.2) is 11.6 Å². The minimum Gasteiger partial charge on any atom is -0.493 e. The smallest absolute Gasteiger partial charge is 0.119 e. The second-order valence-corrected chi connectivity index (χ2v) is 3.92. The lowest BCUT2D eigenvalue weighted by Gasteiger charge is -2.07. The van der Waals surface area contributed by atoms with E-state index in [9.17, 15) is 0 Å². The molecule has 2 aromatic rings. The largest absolute Gasteiger partial charge is 0.493 e. The van der Waals surface area contributed by atoms with Crippen molar-refractivity contribution >= 4 is 0 Å². The fraction of sp³-hybridized carbons (Fsp3) is 0.267. The summed E-state index contributed by atoms with van der Waals surface area (Å²) in [5, 5.41) is 0. The summed E-state index contributed by atoms with van der Waals surface area (Å²) in [4.78, 5) is 4.26. The van der Waals surface area contributed by atoms with E-state index in [1.54, 1.807) is 0 Å². The number of ether oxygens (including phenoxy) is 1. The second-order valence-electron chi connectivity index (χ2n) is 3.92. The molecule has 0 aliphatic heterocycles. The molecular formula is C15H17NO. The van der Waals surface area contributed by atoms with Gasteiger partial charge in [-0.2, -0.15) is 0 Å². The topological polar surface area (TPSA) is 22.1 Å². The molecule has 0 bridgehead atoms. The SMILES string of the molecule is CCc1cccc(OCCc2ccccn2)c1. The van der Waals surface area contributed by atoms with Gasteiger partial charge in [0.15, 0.2) is 0 Å². The normalized spacial score (nSPS) is 10.2. The maximum atomic E-state index is 5.71. The van der Waals surface area contributed by atoms with Gasteiger partial charge in [-0.15, -0.1) is 0 Å². The van der Waals surface area contributed by atoms with Crippen LogP contribution in [0.3, 0.4) is 0 Å². The fourth-order valence-corrected chi connectivity index (χ4v) is 1.67. The van der Waals surface area contributed by atoms with Crippen LogP contribution in [0.4, 0.5) is 0 Å². The van der Waals surface area contributed by atoms with E-state index < -0.39 is 0 Å². The van der Waals surface area contributed by atoms with E-state index in [0.29, 0.717) is 6.61 Å². The van der Waals surface area contributed by atoms with Crippen molar-refractivity contribution in [3.63, 3.8) is 0 Å². The molecule has 0 saturated carbocycles. The maximum Gasteiger partial charge on any atom is 0.119 e. The van der Waals surface area contributed by atoms with Crippen LogP contribution in [0, 0.1) is 0 Å². The number of pyridine rings is 1. The number of rotatable bonds is 5. The third-order valence-corrected chi connectivity index (χ3v) is 2.66. The minimum absolute atomic E-state index is 0.671. The van der Waals surface area contributed by atoms with E-state index in [2.05, 4.69) is 24.0 Å². The predicted molar refractivity (Wildman–Crippen MR) is 69.3 cm³/mol. The average Bonchev–Trinajstić information content (AvgIpc) is 2.40. The standard InChI is InChI=1S/C15H17NO/c1-2-13-6-5-8-15(12-13)17-11-9-14-7-3-4-10-16-14/h3-8,10,12H,2,9,11H2,1H3. The van der Waals surface area contributed by atoms with Gasteiger partial charge in [-0.1, -0.05) is 25.1 Å². The molecule has 0 radical (unpaired) electrons. The molecule has 0 aliphatic carbocycles. The first-order chi connectivity index (χ1) is 8.38. The number of hydrogen-bond donors (Lipinski definition) is 0. The fourth-order valence-electron chi connectivity index (χ4n) is 1.67. The van der Waals surface area contributed by atoms with Crippen LogP contribution in [0.2, 0.25) is 0 Å². The zero-order valence-electron chi connectivity index (χ0n) is 10.1. The summed E-state index contributed by atoms with van der Waals surface area (Å²) in [6, 6.07) is 14.2. The van der Waals surface area contributed by atoms with Crippen LogP contribution in [0.25, 0.3) is 0 Å². The number of aromatic nitrogens is 1. The van der Waals surface area contributed by atoms with Gasteiger partial charge in [-0.25, -0.2) is 0 Å². The molecule has 17 heavy (non-hydrogen) atoms. The van der Waals surface area contributed by atoms with Crippen LogP contribution in [0.1, 0.15) is 18.2 Å². The molecule has 0 atom stereocenters. The van der Waals surface area contributed by atoms with E-state index in [1.165, 1.54) is 5.56 Å². The zero-order valence-corrected chi connectivity index (χ0v) is 10.1. The van der Waals surface area contributed by atoms with Crippen molar-refractivity contribution in [2.24, 2.45) is 0 Å². The summed E-state index contributed by atoms with van der Waals surface area (Å²) in [5.74, 6) is 0.945. The van der Waals surface area contributed by atoms with E-state index in [0.717, 1.165) is 24.3 Å². The van der Waals surface area contributed by atoms with Crippen LogP contribution in [0.5, 0.6) is 5.75 Å². The van der Waals surface area contributed by atoms with Crippen molar-refractivity contribution in [3.05, 3.63) is 59.9 Å². The first kappa shape index (κ1) is 11.6. The third kappa shape index (κ3) is 3.59. The highest BCUT2D eigenvalue weighted by Gasteiger charge is 1.97. The van der Waals surface area contributed by atoms with Crippen LogP contribution in [-0.2, 0) is 12.8 Å². The van der Waals surface area contributed by atoms with Crippen LogP contribution >= 0.6 is 0 Å². The Morgan fingerprint density at radius 3 is 2.82 bits per heavy atom. The maximum absolute atomic E-state index is 5.71. The average molecular weight is 227 g/mol. The Hall–Kier alpha value is -1.83. The van der Waals surface area contributed by atoms with Gasteiger partial charge in [0.2, 0.25) is 0 Å². The molecule has 0 aliphatic rings. The van der Waals surface area contributed by atoms with Crippen LogP contribution in [0.15, 0.2) is 48.7 Å². The lowest BCUT2D eigenvalue weighted by atomic mass is 10.2. The van der Waals surface area contributed by atoms with Crippen molar-refractivity contribution in [3.8, 4) is 5.75 Å². The Balaban J connectivity index is 1.86. The van der Waals surface area contributed by atoms with Gasteiger partial charge in [0.05, 0.1) is 6.61 Å². The van der Waals surface area contributed by atoms with Gasteiger partial charge in [-0.3, -0.25) is 4.98 Å². The summed E-state index contributed by atoms with van der Waals surface area (Å²) >= 11 is 0. The Bertz CT molecular complexity index is 453. The zero-order chi connectivity index (χ0) is 11.9. The Labute approximate surface area is 102 Å². The number of aryl methyl sites for hydroxylation is 1. The molecule has 1 heterocycles. The van der Waals surface area contributed by atoms with Crippen LogP contribution < -0.4 is 4.74 Å². The van der Waals surface area contributed by atoms with Gasteiger partial charge in [0, 0.05) is 18.3 Å². The molecule has 0 unspecified atom stereocenters. The molecule has 88 valence electrons. The first-order valence-electron chi connectivity index (χ1n) is 6.00. The Morgan fingerprint density at radius 1 is 1.12 bits per heavy atom. The molecule has 0 spiro atoms. The lowest BCUT2D eigenvalue weighted by molar-refractivity contribution is 0.320. The summed E-state index contributed by atoms with van der Waals surface area (Å²) in [6.07, 6.45) is 3.70. The van der Waals surface area contributed by atoms with Gasteiger partial charge < -0.3 is 4.74 Å². The van der Waals surface area contributed by atoms with Gasteiger partial charge in [-0.05, 0) is 36.2 Å². The van der Waals surface area contributed by atoms with Gasteiger partial charge >= 0.3 is 0 Å². The van der Waals surface area contributed by atoms with E-state index >= 15 is 0 Å². The molecule has 0 amide bonds. The quantitative estimate of drug-likeness (QED) is 0.782. The summed E-state index contributed by atoms with van der Waals surface area (Å²) < 4.78 is 5.71. The molecule has 1 aromatic heterocycles. The predicted octanol–water partition coefficient (Wildman–Crippen LogP) is 3.27. The molecular weight excluding hydrogens is 210 g/mol. The van der Waals surface area contributed by atoms with E-state index in [-0.39, 0.29) is 0 Å². The monoisotopic (exact) mass is 227 g/mol. The lowest BCUT2D eigenvalue weighted by Crippen LogP contribution is -2.02. The Kier molecular flexibility index (Phi) is 4.14. The molecule has 2 heteroatoms.